The lowest BCUT2D eigenvalue weighted by Gasteiger charge is -2.34. The fourth-order valence-electron chi connectivity index (χ4n) is 2.68. The van der Waals surface area contributed by atoms with Crippen molar-refractivity contribution in [2.24, 2.45) is 0 Å². The lowest BCUT2D eigenvalue weighted by molar-refractivity contribution is -0.394. The molecular weight excluding hydrogens is 340 g/mol. The summed E-state index contributed by atoms with van der Waals surface area (Å²) in [5.74, 6) is 0. The Hall–Kier alpha value is -2.11. The lowest BCUT2D eigenvalue weighted by Crippen LogP contribution is -2.44. The maximum Gasteiger partial charge on any atom is 0.277 e. The quantitative estimate of drug-likeness (QED) is 0.572. The van der Waals surface area contributed by atoms with Crippen molar-refractivity contribution in [1.82, 2.24) is 9.21 Å². The molecule has 0 bridgehead atoms. The smallest absolute Gasteiger partial charge is 0.277 e. The van der Waals surface area contributed by atoms with Crippen LogP contribution in [0.15, 0.2) is 23.1 Å². The van der Waals surface area contributed by atoms with Crippen molar-refractivity contribution in [1.29, 1.82) is 0 Å². The first kappa shape index (κ1) is 18.2. The first-order valence-electron chi connectivity index (χ1n) is 7.23. The molecule has 11 heteroatoms. The van der Waals surface area contributed by atoms with Crippen LogP contribution in [-0.4, -0.2) is 60.7 Å². The van der Waals surface area contributed by atoms with Crippen LogP contribution in [0.5, 0.6) is 0 Å². The van der Waals surface area contributed by atoms with Gasteiger partial charge in [0.1, 0.15) is 0 Å². The number of nitro benzene ring substituents is 2. The summed E-state index contributed by atoms with van der Waals surface area (Å²) in [7, 11) is -0.186. The molecule has 0 spiro atoms. The van der Waals surface area contributed by atoms with Crippen molar-refractivity contribution in [3.63, 3.8) is 0 Å². The molecule has 0 radical (unpaired) electrons. The Labute approximate surface area is 139 Å². The normalized spacial score (nSPS) is 17.1. The average Bonchev–Trinajstić information content (AvgIpc) is 2.54. The second kappa shape index (κ2) is 6.79. The summed E-state index contributed by atoms with van der Waals surface area (Å²) < 4.78 is 26.6. The van der Waals surface area contributed by atoms with Crippen LogP contribution < -0.4 is 0 Å². The van der Waals surface area contributed by atoms with Crippen LogP contribution >= 0.6 is 0 Å². The number of hydrogen-bond donors (Lipinski definition) is 0. The Balaban J connectivity index is 2.36. The van der Waals surface area contributed by atoms with E-state index in [0.717, 1.165) is 18.2 Å². The van der Waals surface area contributed by atoms with Gasteiger partial charge < -0.3 is 4.90 Å². The van der Waals surface area contributed by atoms with Crippen LogP contribution in [0.4, 0.5) is 11.4 Å². The van der Waals surface area contributed by atoms with Crippen molar-refractivity contribution in [3.8, 4) is 0 Å². The molecule has 1 aromatic carbocycles. The van der Waals surface area contributed by atoms with Gasteiger partial charge in [-0.25, -0.2) is 8.42 Å². The summed E-state index contributed by atoms with van der Waals surface area (Å²) in [5, 5.41) is 21.8. The van der Waals surface area contributed by atoms with E-state index in [4.69, 9.17) is 0 Å². The molecule has 0 amide bonds. The fraction of sp³-hybridized carbons (Fsp3) is 0.538. The maximum atomic E-state index is 12.7. The van der Waals surface area contributed by atoms with Crippen molar-refractivity contribution in [2.45, 2.75) is 23.8 Å². The van der Waals surface area contributed by atoms with Crippen molar-refractivity contribution in [2.75, 3.05) is 27.2 Å². The molecule has 0 atom stereocenters. The largest absolute Gasteiger partial charge is 0.306 e. The first-order valence-corrected chi connectivity index (χ1v) is 8.67. The molecule has 0 saturated carbocycles. The van der Waals surface area contributed by atoms with Gasteiger partial charge in [-0.2, -0.15) is 4.31 Å². The van der Waals surface area contributed by atoms with Gasteiger partial charge in [0.2, 0.25) is 10.0 Å². The SMILES string of the molecule is CN(C)C1CCN(S(=O)(=O)c2cc([N+](=O)[O-])cc([N+](=O)[O-])c2)CC1. The number of rotatable bonds is 5. The summed E-state index contributed by atoms with van der Waals surface area (Å²) in [6.45, 7) is 0.531. The highest BCUT2D eigenvalue weighted by Crippen LogP contribution is 2.29. The summed E-state index contributed by atoms with van der Waals surface area (Å²) in [6.07, 6.45) is 1.26. The molecule has 10 nitrogen and oxygen atoms in total. The Kier molecular flexibility index (Phi) is 5.16. The molecule has 2 rings (SSSR count). The zero-order valence-corrected chi connectivity index (χ0v) is 14.1. The van der Waals surface area contributed by atoms with E-state index in [0.29, 0.717) is 12.8 Å². The van der Waals surface area contributed by atoms with Gasteiger partial charge in [0.05, 0.1) is 20.8 Å². The van der Waals surface area contributed by atoms with Gasteiger partial charge in [-0.15, -0.1) is 0 Å². The predicted octanol–water partition coefficient (Wildman–Crippen LogP) is 1.22. The van der Waals surface area contributed by atoms with Gasteiger partial charge in [0.15, 0.2) is 0 Å². The third-order valence-corrected chi connectivity index (χ3v) is 5.97. The van der Waals surface area contributed by atoms with Gasteiger partial charge in [-0.1, -0.05) is 0 Å². The van der Waals surface area contributed by atoms with Gasteiger partial charge >= 0.3 is 0 Å². The minimum absolute atomic E-state index is 0.260. The van der Waals surface area contributed by atoms with E-state index >= 15 is 0 Å². The molecule has 0 aromatic heterocycles. The Morgan fingerprint density at radius 1 is 1.04 bits per heavy atom. The topological polar surface area (TPSA) is 127 Å². The minimum Gasteiger partial charge on any atom is -0.306 e. The molecule has 0 aliphatic carbocycles. The molecule has 0 N–H and O–H groups in total. The zero-order chi connectivity index (χ0) is 18.1. The standard InChI is InChI=1S/C13H18N4O6S/c1-14(2)10-3-5-15(6-4-10)24(22,23)13-8-11(16(18)19)7-12(9-13)17(20)21/h7-10H,3-6H2,1-2H3. The van der Waals surface area contributed by atoms with Crippen LogP contribution in [0, 0.1) is 20.2 Å². The van der Waals surface area contributed by atoms with E-state index in [1.807, 2.05) is 19.0 Å². The Bertz CT molecular complexity index is 723. The number of non-ortho nitro benzene ring substituents is 2. The molecule has 1 fully saturated rings. The number of nitro groups is 2. The molecule has 1 saturated heterocycles. The van der Waals surface area contributed by atoms with E-state index in [2.05, 4.69) is 0 Å². The van der Waals surface area contributed by atoms with Gasteiger partial charge in [0, 0.05) is 31.3 Å². The molecule has 1 aromatic rings. The first-order chi connectivity index (χ1) is 11.1. The average molecular weight is 358 g/mol. The monoisotopic (exact) mass is 358 g/mol. The third-order valence-electron chi connectivity index (χ3n) is 4.09. The van der Waals surface area contributed by atoms with E-state index < -0.39 is 36.1 Å². The highest BCUT2D eigenvalue weighted by molar-refractivity contribution is 7.89. The second-order valence-corrected chi connectivity index (χ2v) is 7.74. The van der Waals surface area contributed by atoms with Crippen LogP contribution in [0.3, 0.4) is 0 Å². The van der Waals surface area contributed by atoms with Crippen LogP contribution in [0.2, 0.25) is 0 Å². The van der Waals surface area contributed by atoms with Crippen molar-refractivity contribution in [3.05, 3.63) is 38.4 Å². The second-order valence-electron chi connectivity index (χ2n) is 5.80. The van der Waals surface area contributed by atoms with Gasteiger partial charge in [-0.05, 0) is 26.9 Å². The van der Waals surface area contributed by atoms with Gasteiger partial charge in [-0.3, -0.25) is 20.2 Å². The minimum atomic E-state index is -4.02. The molecule has 1 heterocycles. The number of hydrogen-bond acceptors (Lipinski definition) is 7. The zero-order valence-electron chi connectivity index (χ0n) is 13.3. The molecule has 24 heavy (non-hydrogen) atoms. The molecule has 0 unspecified atom stereocenters. The van der Waals surface area contributed by atoms with E-state index in [-0.39, 0.29) is 19.1 Å². The van der Waals surface area contributed by atoms with Crippen molar-refractivity contribution < 1.29 is 18.3 Å². The number of sulfonamides is 1. The molecule has 1 aliphatic rings. The van der Waals surface area contributed by atoms with Crippen molar-refractivity contribution >= 4 is 21.4 Å². The number of benzene rings is 1. The predicted molar refractivity (Wildman–Crippen MR) is 85.2 cm³/mol. The van der Waals surface area contributed by atoms with E-state index in [9.17, 15) is 28.6 Å². The summed E-state index contributed by atoms with van der Waals surface area (Å²) in [6, 6.07) is 2.73. The Morgan fingerprint density at radius 2 is 1.50 bits per heavy atom. The Morgan fingerprint density at radius 3 is 1.88 bits per heavy atom. The van der Waals surface area contributed by atoms with E-state index in [1.165, 1.54) is 4.31 Å². The highest BCUT2D eigenvalue weighted by Gasteiger charge is 2.32. The summed E-state index contributed by atoms with van der Waals surface area (Å²) in [5.41, 5.74) is -1.24. The summed E-state index contributed by atoms with van der Waals surface area (Å²) in [4.78, 5) is 21.7. The van der Waals surface area contributed by atoms with Crippen LogP contribution in [-0.2, 0) is 10.0 Å². The maximum absolute atomic E-state index is 12.7. The number of piperidine rings is 1. The highest BCUT2D eigenvalue weighted by atomic mass is 32.2. The molecular formula is C13H18N4O6S. The van der Waals surface area contributed by atoms with Gasteiger partial charge in [0.25, 0.3) is 11.4 Å². The summed E-state index contributed by atoms with van der Waals surface area (Å²) >= 11 is 0. The van der Waals surface area contributed by atoms with E-state index in [1.54, 1.807) is 0 Å². The van der Waals surface area contributed by atoms with Crippen LogP contribution in [0.25, 0.3) is 0 Å². The molecule has 1 aliphatic heterocycles. The third kappa shape index (κ3) is 3.68. The molecule has 132 valence electrons. The lowest BCUT2D eigenvalue weighted by atomic mass is 10.1. The van der Waals surface area contributed by atoms with Crippen LogP contribution in [0.1, 0.15) is 12.8 Å². The fourth-order valence-corrected chi connectivity index (χ4v) is 4.20. The number of nitrogens with zero attached hydrogens (tertiary/aromatic N) is 4.